The summed E-state index contributed by atoms with van der Waals surface area (Å²) in [7, 11) is 0. The Balaban J connectivity index is 1.31. The number of carbonyl (C=O) groups is 2. The molecule has 1 saturated heterocycles. The van der Waals surface area contributed by atoms with Crippen LogP contribution in [0.4, 0.5) is 0 Å². The second-order valence-electron chi connectivity index (χ2n) is 10.9. The summed E-state index contributed by atoms with van der Waals surface area (Å²) in [5.41, 5.74) is 1.64. The number of rotatable bonds is 0. The molecule has 138 valence electrons. The van der Waals surface area contributed by atoms with Crippen LogP contribution in [0.25, 0.3) is 0 Å². The number of ether oxygens (including phenoxy) is 1. The molecular weight excluding hydrogens is 324 g/mol. The molecule has 0 bridgehead atoms. The molecule has 0 aromatic rings. The molecule has 1 aliphatic heterocycles. The second kappa shape index (κ2) is 4.31. The van der Waals surface area contributed by atoms with Gasteiger partial charge in [-0.3, -0.25) is 9.59 Å². The van der Waals surface area contributed by atoms with Crippen molar-refractivity contribution in [1.82, 2.24) is 0 Å². The first-order chi connectivity index (χ1) is 12.5. The Morgan fingerprint density at radius 1 is 1.00 bits per heavy atom. The summed E-state index contributed by atoms with van der Waals surface area (Å²) in [6.07, 6.45) is 10.7. The third-order valence-electron chi connectivity index (χ3n) is 10.2. The number of allylic oxidation sites excluding steroid dienone is 1. The minimum atomic E-state index is -0.118. The van der Waals surface area contributed by atoms with Crippen LogP contribution in [0.2, 0.25) is 0 Å². The third kappa shape index (κ3) is 1.49. The van der Waals surface area contributed by atoms with E-state index in [9.17, 15) is 9.59 Å². The van der Waals surface area contributed by atoms with Gasteiger partial charge >= 0.3 is 5.97 Å². The molecule has 3 nitrogen and oxygen atoms in total. The smallest absolute Gasteiger partial charge is 0.306 e. The molecule has 26 heavy (non-hydrogen) atoms. The van der Waals surface area contributed by atoms with Gasteiger partial charge in [0.15, 0.2) is 5.78 Å². The molecule has 3 heteroatoms. The molecule has 10 atom stereocenters. The molecule has 6 aliphatic carbocycles. The number of esters is 1. The molecule has 0 amide bonds. The summed E-state index contributed by atoms with van der Waals surface area (Å²) < 4.78 is 6.19. The van der Waals surface area contributed by atoms with Gasteiger partial charge in [0, 0.05) is 24.2 Å². The Bertz CT molecular complexity index is 782. The fourth-order valence-corrected chi connectivity index (χ4v) is 9.35. The Morgan fingerprint density at radius 3 is 2.69 bits per heavy atom. The quantitative estimate of drug-likeness (QED) is 0.621. The normalized spacial score (nSPS) is 61.0. The van der Waals surface area contributed by atoms with Crippen molar-refractivity contribution in [1.29, 1.82) is 0 Å². The predicted molar refractivity (Wildman–Crippen MR) is 94.9 cm³/mol. The monoisotopic (exact) mass is 352 g/mol. The SMILES string of the molecule is C[C@]12CCC3C4CCC(=O)C=C4C4C[C@H]4C3C1C1CC1[C@@]21CCC(=O)O1. The number of hydrogen-bond donors (Lipinski definition) is 0. The number of carbonyl (C=O) groups excluding carboxylic acids is 2. The van der Waals surface area contributed by atoms with E-state index in [1.807, 2.05) is 0 Å². The highest BCUT2D eigenvalue weighted by Crippen LogP contribution is 2.81. The van der Waals surface area contributed by atoms with Gasteiger partial charge < -0.3 is 4.74 Å². The second-order valence-corrected chi connectivity index (χ2v) is 10.9. The van der Waals surface area contributed by atoms with E-state index in [4.69, 9.17) is 4.74 Å². The van der Waals surface area contributed by atoms with Crippen molar-refractivity contribution in [2.24, 2.45) is 52.8 Å². The summed E-state index contributed by atoms with van der Waals surface area (Å²) in [6, 6.07) is 0. The first-order valence-electron chi connectivity index (χ1n) is 11.0. The van der Waals surface area contributed by atoms with E-state index >= 15 is 0 Å². The van der Waals surface area contributed by atoms with Crippen LogP contribution >= 0.6 is 0 Å². The Hall–Kier alpha value is -1.12. The van der Waals surface area contributed by atoms with E-state index in [1.165, 1.54) is 25.7 Å². The van der Waals surface area contributed by atoms with Crippen molar-refractivity contribution < 1.29 is 14.3 Å². The van der Waals surface area contributed by atoms with Crippen molar-refractivity contribution in [2.45, 2.75) is 63.9 Å². The third-order valence-corrected chi connectivity index (χ3v) is 10.2. The van der Waals surface area contributed by atoms with Gasteiger partial charge in [-0.2, -0.15) is 0 Å². The minimum absolute atomic E-state index is 0.0589. The topological polar surface area (TPSA) is 43.4 Å². The van der Waals surface area contributed by atoms with E-state index in [-0.39, 0.29) is 17.0 Å². The maximum atomic E-state index is 12.1. The zero-order chi connectivity index (χ0) is 17.4. The Kier molecular flexibility index (Phi) is 2.46. The Morgan fingerprint density at radius 2 is 1.88 bits per heavy atom. The van der Waals surface area contributed by atoms with E-state index in [0.717, 1.165) is 48.9 Å². The standard InChI is InChI=1S/C23H28O3/c1-22-6-4-13-12-3-2-11(24)8-14(12)15-9-16(15)20(13)21(22)17-10-18(17)23(22)7-5-19(25)26-23/h8,12-13,15-18,20-21H,2-7,9-10H2,1H3/t12?,13?,15?,16-,17?,18?,20?,21?,22+,23+/m1/s1. The molecule has 0 aromatic carbocycles. The average molecular weight is 352 g/mol. The lowest BCUT2D eigenvalue weighted by molar-refractivity contribution is -0.174. The van der Waals surface area contributed by atoms with Crippen molar-refractivity contribution in [3.63, 3.8) is 0 Å². The zero-order valence-corrected chi connectivity index (χ0v) is 15.6. The first-order valence-corrected chi connectivity index (χ1v) is 11.0. The zero-order valence-electron chi connectivity index (χ0n) is 15.6. The van der Waals surface area contributed by atoms with Crippen LogP contribution in [-0.4, -0.2) is 17.4 Å². The minimum Gasteiger partial charge on any atom is -0.458 e. The molecule has 6 fully saturated rings. The Labute approximate surface area is 154 Å². The van der Waals surface area contributed by atoms with Crippen molar-refractivity contribution >= 4 is 11.8 Å². The molecule has 1 heterocycles. The van der Waals surface area contributed by atoms with Gasteiger partial charge in [-0.15, -0.1) is 0 Å². The summed E-state index contributed by atoms with van der Waals surface area (Å²) in [6.45, 7) is 2.49. The first kappa shape index (κ1) is 14.9. The molecule has 7 rings (SSSR count). The van der Waals surface area contributed by atoms with Gasteiger partial charge in [-0.05, 0) is 86.0 Å². The van der Waals surface area contributed by atoms with Gasteiger partial charge in [-0.25, -0.2) is 0 Å². The molecule has 0 N–H and O–H groups in total. The molecule has 7 unspecified atom stereocenters. The van der Waals surface area contributed by atoms with E-state index < -0.39 is 0 Å². The van der Waals surface area contributed by atoms with Gasteiger partial charge in [0.1, 0.15) is 5.60 Å². The van der Waals surface area contributed by atoms with Crippen LogP contribution in [-0.2, 0) is 14.3 Å². The van der Waals surface area contributed by atoms with Crippen LogP contribution in [0.1, 0.15) is 58.3 Å². The predicted octanol–water partition coefficient (Wildman–Crippen LogP) is 3.92. The molecular formula is C23H28O3. The van der Waals surface area contributed by atoms with Crippen LogP contribution in [0.15, 0.2) is 11.6 Å². The van der Waals surface area contributed by atoms with E-state index in [2.05, 4.69) is 13.0 Å². The van der Waals surface area contributed by atoms with Crippen LogP contribution in [0.5, 0.6) is 0 Å². The summed E-state index contributed by atoms with van der Waals surface area (Å²) in [5, 5.41) is 0. The van der Waals surface area contributed by atoms with E-state index in [0.29, 0.717) is 30.0 Å². The summed E-state index contributed by atoms with van der Waals surface area (Å²) in [4.78, 5) is 24.1. The largest absolute Gasteiger partial charge is 0.458 e. The summed E-state index contributed by atoms with van der Waals surface area (Å²) >= 11 is 0. The number of fused-ring (bicyclic) bond motifs is 12. The lowest BCUT2D eigenvalue weighted by atomic mass is 9.49. The maximum absolute atomic E-state index is 12.1. The van der Waals surface area contributed by atoms with Crippen molar-refractivity contribution in [2.75, 3.05) is 0 Å². The van der Waals surface area contributed by atoms with Crippen molar-refractivity contribution in [3.8, 4) is 0 Å². The molecule has 7 aliphatic rings. The van der Waals surface area contributed by atoms with E-state index in [1.54, 1.807) is 5.57 Å². The van der Waals surface area contributed by atoms with Crippen LogP contribution in [0, 0.1) is 52.8 Å². The molecule has 1 spiro atoms. The molecule has 5 saturated carbocycles. The highest BCUT2D eigenvalue weighted by atomic mass is 16.6. The lowest BCUT2D eigenvalue weighted by Gasteiger charge is -2.57. The fraction of sp³-hybridized carbons (Fsp3) is 0.826. The highest BCUT2D eigenvalue weighted by molar-refractivity contribution is 5.91. The molecule has 0 radical (unpaired) electrons. The van der Waals surface area contributed by atoms with Crippen LogP contribution < -0.4 is 0 Å². The van der Waals surface area contributed by atoms with Gasteiger partial charge in [0.25, 0.3) is 0 Å². The van der Waals surface area contributed by atoms with Gasteiger partial charge in [-0.1, -0.05) is 12.5 Å². The summed E-state index contributed by atoms with van der Waals surface area (Å²) in [5.74, 6) is 6.54. The average Bonchev–Trinajstić information content (AvgIpc) is 3.51. The lowest BCUT2D eigenvalue weighted by Crippen LogP contribution is -2.55. The highest BCUT2D eigenvalue weighted by Gasteiger charge is 2.80. The van der Waals surface area contributed by atoms with Gasteiger partial charge in [0.05, 0.1) is 0 Å². The van der Waals surface area contributed by atoms with Crippen LogP contribution in [0.3, 0.4) is 0 Å². The number of hydrogen-bond acceptors (Lipinski definition) is 3. The number of ketones is 1. The van der Waals surface area contributed by atoms with Crippen molar-refractivity contribution in [3.05, 3.63) is 11.6 Å². The van der Waals surface area contributed by atoms with Gasteiger partial charge in [0.2, 0.25) is 0 Å². The maximum Gasteiger partial charge on any atom is 0.306 e. The fourth-order valence-electron chi connectivity index (χ4n) is 9.35. The molecule has 0 aromatic heterocycles.